The Morgan fingerprint density at radius 1 is 1.40 bits per heavy atom. The van der Waals surface area contributed by atoms with Gasteiger partial charge in [0.05, 0.1) is 6.04 Å². The second kappa shape index (κ2) is 6.86. The normalized spacial score (nSPS) is 12.1. The Morgan fingerprint density at radius 3 is 2.80 bits per heavy atom. The predicted molar refractivity (Wildman–Crippen MR) is 79.3 cm³/mol. The first-order valence-electron chi connectivity index (χ1n) is 6.83. The van der Waals surface area contributed by atoms with Crippen molar-refractivity contribution in [1.82, 2.24) is 10.2 Å². The van der Waals surface area contributed by atoms with Crippen molar-refractivity contribution in [2.75, 3.05) is 5.32 Å². The lowest BCUT2D eigenvalue weighted by Gasteiger charge is -2.10. The summed E-state index contributed by atoms with van der Waals surface area (Å²) in [6.07, 6.45) is 2.25. The van der Waals surface area contributed by atoms with Crippen molar-refractivity contribution in [3.8, 4) is 0 Å². The number of hydrogen-bond acceptors (Lipinski definition) is 3. The molecule has 1 aromatic carbocycles. The van der Waals surface area contributed by atoms with Gasteiger partial charge < -0.3 is 11.1 Å². The Kier molecular flexibility index (Phi) is 4.90. The van der Waals surface area contributed by atoms with Gasteiger partial charge in [0.15, 0.2) is 5.82 Å². The number of H-pyrrole nitrogens is 1. The van der Waals surface area contributed by atoms with Crippen LogP contribution in [0.4, 0.5) is 5.82 Å². The van der Waals surface area contributed by atoms with Gasteiger partial charge in [0, 0.05) is 11.8 Å². The molecule has 0 radical (unpaired) electrons. The fourth-order valence-electron chi connectivity index (χ4n) is 1.92. The molecule has 0 fully saturated rings. The molecule has 1 amide bonds. The topological polar surface area (TPSA) is 83.8 Å². The number of nitrogens with zero attached hydrogens (tertiary/aromatic N) is 1. The maximum Gasteiger partial charge on any atom is 0.242 e. The highest BCUT2D eigenvalue weighted by Crippen LogP contribution is 2.08. The van der Waals surface area contributed by atoms with Crippen LogP contribution in [0.1, 0.15) is 24.6 Å². The average Bonchev–Trinajstić information content (AvgIpc) is 2.93. The van der Waals surface area contributed by atoms with E-state index in [0.29, 0.717) is 12.2 Å². The number of carbonyl (C=O) groups is 1. The maximum atomic E-state index is 11.9. The highest BCUT2D eigenvalue weighted by Gasteiger charge is 2.14. The summed E-state index contributed by atoms with van der Waals surface area (Å²) in [5.74, 6) is 0.331. The molecule has 2 rings (SSSR count). The molecule has 106 valence electrons. The van der Waals surface area contributed by atoms with Gasteiger partial charge in [-0.1, -0.05) is 37.3 Å². The number of carbonyl (C=O) groups excluding carboxylic acids is 1. The lowest BCUT2D eigenvalue weighted by Crippen LogP contribution is -2.36. The molecule has 0 aliphatic heterocycles. The molecule has 5 nitrogen and oxygen atoms in total. The highest BCUT2D eigenvalue weighted by atomic mass is 16.2. The van der Waals surface area contributed by atoms with Crippen molar-refractivity contribution in [2.45, 2.75) is 32.2 Å². The molecule has 2 aromatic rings. The van der Waals surface area contributed by atoms with Crippen LogP contribution in [0.3, 0.4) is 0 Å². The molecule has 5 heteroatoms. The third kappa shape index (κ3) is 3.93. The summed E-state index contributed by atoms with van der Waals surface area (Å²) in [4.78, 5) is 11.9. The maximum absolute atomic E-state index is 11.9. The van der Waals surface area contributed by atoms with Crippen LogP contribution in [0, 0.1) is 0 Å². The van der Waals surface area contributed by atoms with E-state index in [2.05, 4.69) is 15.5 Å². The molecule has 4 N–H and O–H groups in total. The number of hydrogen-bond donors (Lipinski definition) is 3. The molecule has 1 heterocycles. The molecule has 0 saturated heterocycles. The van der Waals surface area contributed by atoms with Crippen molar-refractivity contribution in [1.29, 1.82) is 0 Å². The minimum Gasteiger partial charge on any atom is -0.320 e. The van der Waals surface area contributed by atoms with Gasteiger partial charge in [-0.2, -0.15) is 5.10 Å². The van der Waals surface area contributed by atoms with E-state index in [4.69, 9.17) is 5.73 Å². The lowest BCUT2D eigenvalue weighted by molar-refractivity contribution is -0.117. The summed E-state index contributed by atoms with van der Waals surface area (Å²) in [6, 6.07) is 11.3. The van der Waals surface area contributed by atoms with Crippen molar-refractivity contribution >= 4 is 11.7 Å². The summed E-state index contributed by atoms with van der Waals surface area (Å²) in [5, 5.41) is 9.59. The van der Waals surface area contributed by atoms with Gasteiger partial charge in [0.2, 0.25) is 5.91 Å². The number of nitrogens with one attached hydrogen (secondary N) is 2. The minimum atomic E-state index is -0.531. The summed E-state index contributed by atoms with van der Waals surface area (Å²) < 4.78 is 0. The molecule has 0 aliphatic carbocycles. The van der Waals surface area contributed by atoms with Gasteiger partial charge in [-0.25, -0.2) is 0 Å². The Bertz CT molecular complexity index is 550. The Labute approximate surface area is 118 Å². The number of aromatic nitrogens is 2. The predicted octanol–water partition coefficient (Wildman–Crippen LogP) is 1.87. The van der Waals surface area contributed by atoms with Crippen molar-refractivity contribution < 1.29 is 4.79 Å². The van der Waals surface area contributed by atoms with Gasteiger partial charge in [-0.15, -0.1) is 0 Å². The Hall–Kier alpha value is -2.14. The zero-order valence-electron chi connectivity index (χ0n) is 11.6. The molecule has 0 saturated carbocycles. The molecule has 1 unspecified atom stereocenters. The van der Waals surface area contributed by atoms with Crippen LogP contribution in [0.5, 0.6) is 0 Å². The number of benzene rings is 1. The minimum absolute atomic E-state index is 0.199. The van der Waals surface area contributed by atoms with E-state index in [0.717, 1.165) is 18.5 Å². The summed E-state index contributed by atoms with van der Waals surface area (Å²) in [7, 11) is 0. The van der Waals surface area contributed by atoms with Crippen LogP contribution in [-0.4, -0.2) is 22.1 Å². The first kappa shape index (κ1) is 14.3. The molecule has 0 bridgehead atoms. The van der Waals surface area contributed by atoms with Crippen LogP contribution in [-0.2, 0) is 17.6 Å². The summed E-state index contributed by atoms with van der Waals surface area (Å²) in [6.45, 7) is 2.02. The van der Waals surface area contributed by atoms with Gasteiger partial charge >= 0.3 is 0 Å². The molecular weight excluding hydrogens is 252 g/mol. The number of aryl methyl sites for hydroxylation is 2. The van der Waals surface area contributed by atoms with E-state index in [1.807, 2.05) is 43.3 Å². The molecule has 1 atom stereocenters. The monoisotopic (exact) mass is 272 g/mol. The molecule has 1 aromatic heterocycles. The van der Waals surface area contributed by atoms with Crippen molar-refractivity contribution in [3.05, 3.63) is 47.7 Å². The number of amides is 1. The second-order valence-corrected chi connectivity index (χ2v) is 4.75. The third-order valence-corrected chi connectivity index (χ3v) is 3.19. The zero-order chi connectivity index (χ0) is 14.4. The fraction of sp³-hybridized carbons (Fsp3) is 0.333. The molecule has 0 spiro atoms. The SMILES string of the molecule is CCc1cc(NC(=O)C(N)CCc2ccccc2)n[nH]1. The van der Waals surface area contributed by atoms with Crippen molar-refractivity contribution in [2.24, 2.45) is 5.73 Å². The van der Waals surface area contributed by atoms with E-state index >= 15 is 0 Å². The number of nitrogens with two attached hydrogens (primary N) is 1. The van der Waals surface area contributed by atoms with Gasteiger partial charge in [0.1, 0.15) is 0 Å². The standard InChI is InChI=1S/C15H20N4O/c1-2-12-10-14(19-18-12)17-15(20)13(16)9-8-11-6-4-3-5-7-11/h3-7,10,13H,2,8-9,16H2,1H3,(H2,17,18,19,20). The van der Waals surface area contributed by atoms with Crippen LogP contribution in [0.2, 0.25) is 0 Å². The third-order valence-electron chi connectivity index (χ3n) is 3.19. The lowest BCUT2D eigenvalue weighted by atomic mass is 10.1. The van der Waals surface area contributed by atoms with Crippen LogP contribution in [0.15, 0.2) is 36.4 Å². The summed E-state index contributed by atoms with van der Waals surface area (Å²) in [5.41, 5.74) is 8.07. The van der Waals surface area contributed by atoms with Crippen LogP contribution in [0.25, 0.3) is 0 Å². The Balaban J connectivity index is 1.82. The van der Waals surface area contributed by atoms with E-state index in [-0.39, 0.29) is 5.91 Å². The molecule has 20 heavy (non-hydrogen) atoms. The summed E-state index contributed by atoms with van der Waals surface area (Å²) >= 11 is 0. The van der Waals surface area contributed by atoms with E-state index in [1.54, 1.807) is 0 Å². The van der Waals surface area contributed by atoms with Gasteiger partial charge in [0.25, 0.3) is 0 Å². The second-order valence-electron chi connectivity index (χ2n) is 4.75. The highest BCUT2D eigenvalue weighted by molar-refractivity contribution is 5.93. The fourth-order valence-corrected chi connectivity index (χ4v) is 1.92. The van der Waals surface area contributed by atoms with E-state index in [9.17, 15) is 4.79 Å². The van der Waals surface area contributed by atoms with Crippen molar-refractivity contribution in [3.63, 3.8) is 0 Å². The molecule has 0 aliphatic rings. The quantitative estimate of drug-likeness (QED) is 0.750. The smallest absolute Gasteiger partial charge is 0.242 e. The van der Waals surface area contributed by atoms with Crippen LogP contribution < -0.4 is 11.1 Å². The van der Waals surface area contributed by atoms with Gasteiger partial charge in [-0.05, 0) is 24.8 Å². The van der Waals surface area contributed by atoms with Gasteiger partial charge in [-0.3, -0.25) is 9.89 Å². The average molecular weight is 272 g/mol. The number of aromatic amines is 1. The van der Waals surface area contributed by atoms with Crippen LogP contribution >= 0.6 is 0 Å². The molecular formula is C15H20N4O. The number of anilines is 1. The van der Waals surface area contributed by atoms with E-state index in [1.165, 1.54) is 5.56 Å². The first-order valence-corrected chi connectivity index (χ1v) is 6.83. The largest absolute Gasteiger partial charge is 0.320 e. The van der Waals surface area contributed by atoms with E-state index < -0.39 is 6.04 Å². The Morgan fingerprint density at radius 2 is 2.15 bits per heavy atom. The first-order chi connectivity index (χ1) is 9.69. The number of rotatable bonds is 6. The zero-order valence-corrected chi connectivity index (χ0v) is 11.6.